The van der Waals surface area contributed by atoms with Crippen molar-refractivity contribution in [2.75, 3.05) is 18.9 Å². The minimum absolute atomic E-state index is 0.116. The smallest absolute Gasteiger partial charge is 0.225 e. The first-order valence-electron chi connectivity index (χ1n) is 5.81. The lowest BCUT2D eigenvalue weighted by atomic mass is 10.1. The number of nitrogens with one attached hydrogen (secondary N) is 1. The largest absolute Gasteiger partial charge is 0.326 e. The molecule has 0 saturated carbocycles. The van der Waals surface area contributed by atoms with Crippen molar-refractivity contribution in [1.29, 1.82) is 0 Å². The monoisotopic (exact) mass is 218 g/mol. The molecule has 86 valence electrons. The number of rotatable bonds is 3. The van der Waals surface area contributed by atoms with Crippen LogP contribution in [0.2, 0.25) is 0 Å². The summed E-state index contributed by atoms with van der Waals surface area (Å²) < 4.78 is 0. The van der Waals surface area contributed by atoms with Crippen LogP contribution in [0.4, 0.5) is 5.69 Å². The number of nitrogens with zero attached hydrogens (tertiary/aromatic N) is 1. The van der Waals surface area contributed by atoms with Gasteiger partial charge in [0.1, 0.15) is 0 Å². The Kier molecular flexibility index (Phi) is 3.57. The number of carbonyl (C=O) groups is 1. The maximum atomic E-state index is 11.8. The van der Waals surface area contributed by atoms with Gasteiger partial charge in [-0.1, -0.05) is 18.2 Å². The molecule has 1 heterocycles. The molecule has 0 bridgehead atoms. The third-order valence-electron chi connectivity index (χ3n) is 3.15. The third-order valence-corrected chi connectivity index (χ3v) is 3.15. The van der Waals surface area contributed by atoms with Crippen molar-refractivity contribution < 1.29 is 4.79 Å². The van der Waals surface area contributed by atoms with Gasteiger partial charge in [0.05, 0.1) is 0 Å². The van der Waals surface area contributed by atoms with Crippen LogP contribution in [0.3, 0.4) is 0 Å². The van der Waals surface area contributed by atoms with Gasteiger partial charge in [-0.05, 0) is 38.6 Å². The first kappa shape index (κ1) is 11.1. The van der Waals surface area contributed by atoms with Gasteiger partial charge in [-0.3, -0.25) is 4.79 Å². The maximum Gasteiger partial charge on any atom is 0.225 e. The van der Waals surface area contributed by atoms with Gasteiger partial charge in [-0.2, -0.15) is 0 Å². The van der Waals surface area contributed by atoms with Gasteiger partial charge in [0.15, 0.2) is 0 Å². The molecule has 1 N–H and O–H groups in total. The lowest BCUT2D eigenvalue weighted by molar-refractivity contribution is -0.117. The summed E-state index contributed by atoms with van der Waals surface area (Å²) in [7, 11) is 2.09. The molecule has 0 radical (unpaired) electrons. The Labute approximate surface area is 96.5 Å². The Morgan fingerprint density at radius 3 is 2.81 bits per heavy atom. The summed E-state index contributed by atoms with van der Waals surface area (Å²) in [5.74, 6) is 0.116. The fourth-order valence-corrected chi connectivity index (χ4v) is 2.18. The molecule has 1 aliphatic rings. The van der Waals surface area contributed by atoms with Gasteiger partial charge in [0.25, 0.3) is 0 Å². The van der Waals surface area contributed by atoms with Crippen LogP contribution in [0, 0.1) is 0 Å². The first-order chi connectivity index (χ1) is 7.75. The lowest BCUT2D eigenvalue weighted by Gasteiger charge is -2.18. The van der Waals surface area contributed by atoms with Crippen LogP contribution in [0.5, 0.6) is 0 Å². The van der Waals surface area contributed by atoms with Gasteiger partial charge in [-0.25, -0.2) is 0 Å². The van der Waals surface area contributed by atoms with Crippen molar-refractivity contribution in [1.82, 2.24) is 4.90 Å². The van der Waals surface area contributed by atoms with Gasteiger partial charge in [0.2, 0.25) is 5.91 Å². The highest BCUT2D eigenvalue weighted by molar-refractivity contribution is 5.91. The minimum atomic E-state index is 0.116. The van der Waals surface area contributed by atoms with E-state index in [1.54, 1.807) is 0 Å². The number of anilines is 1. The molecule has 0 spiro atoms. The van der Waals surface area contributed by atoms with Crippen molar-refractivity contribution in [3.8, 4) is 0 Å². The van der Waals surface area contributed by atoms with Crippen LogP contribution in [-0.4, -0.2) is 30.4 Å². The van der Waals surface area contributed by atoms with E-state index in [9.17, 15) is 4.79 Å². The molecule has 1 fully saturated rings. The summed E-state index contributed by atoms with van der Waals surface area (Å²) in [6.07, 6.45) is 2.95. The molecule has 1 aromatic carbocycles. The topological polar surface area (TPSA) is 32.3 Å². The quantitative estimate of drug-likeness (QED) is 0.842. The van der Waals surface area contributed by atoms with Gasteiger partial charge < -0.3 is 10.2 Å². The van der Waals surface area contributed by atoms with E-state index in [1.165, 1.54) is 6.42 Å². The molecule has 2 rings (SSSR count). The molecule has 3 nitrogen and oxygen atoms in total. The zero-order valence-electron chi connectivity index (χ0n) is 9.65. The minimum Gasteiger partial charge on any atom is -0.326 e. The molecule has 1 aromatic rings. The van der Waals surface area contributed by atoms with Crippen LogP contribution in [0.15, 0.2) is 30.3 Å². The van der Waals surface area contributed by atoms with E-state index in [2.05, 4.69) is 17.3 Å². The Balaban J connectivity index is 1.85. The van der Waals surface area contributed by atoms with E-state index in [0.717, 1.165) is 18.7 Å². The van der Waals surface area contributed by atoms with E-state index in [0.29, 0.717) is 12.5 Å². The highest BCUT2D eigenvalue weighted by Crippen LogP contribution is 2.18. The van der Waals surface area contributed by atoms with Crippen molar-refractivity contribution >= 4 is 11.6 Å². The standard InChI is InChI=1S/C13H18N2O/c1-15-9-5-8-12(15)10-13(16)14-11-6-3-2-4-7-11/h2-4,6-7,12H,5,8-10H2,1H3,(H,14,16). The second-order valence-corrected chi connectivity index (χ2v) is 4.39. The summed E-state index contributed by atoms with van der Waals surface area (Å²) in [6.45, 7) is 1.11. The number of para-hydroxylation sites is 1. The predicted molar refractivity (Wildman–Crippen MR) is 65.3 cm³/mol. The molecular formula is C13H18N2O. The maximum absolute atomic E-state index is 11.8. The third kappa shape index (κ3) is 2.83. The molecule has 16 heavy (non-hydrogen) atoms. The molecule has 1 amide bonds. The van der Waals surface area contributed by atoms with Crippen LogP contribution in [0.1, 0.15) is 19.3 Å². The van der Waals surface area contributed by atoms with Gasteiger partial charge >= 0.3 is 0 Å². The average molecular weight is 218 g/mol. The highest BCUT2D eigenvalue weighted by Gasteiger charge is 2.23. The van der Waals surface area contributed by atoms with Crippen molar-refractivity contribution in [2.45, 2.75) is 25.3 Å². The average Bonchev–Trinajstić information content (AvgIpc) is 2.66. The summed E-state index contributed by atoms with van der Waals surface area (Å²) in [5, 5.41) is 2.92. The van der Waals surface area contributed by atoms with Crippen LogP contribution < -0.4 is 5.32 Å². The Hall–Kier alpha value is -1.35. The Morgan fingerprint density at radius 2 is 2.19 bits per heavy atom. The molecular weight excluding hydrogens is 200 g/mol. The second-order valence-electron chi connectivity index (χ2n) is 4.39. The summed E-state index contributed by atoms with van der Waals surface area (Å²) in [4.78, 5) is 14.0. The molecule has 0 aromatic heterocycles. The summed E-state index contributed by atoms with van der Waals surface area (Å²) in [5.41, 5.74) is 0.883. The lowest BCUT2D eigenvalue weighted by Crippen LogP contribution is -2.29. The number of benzene rings is 1. The summed E-state index contributed by atoms with van der Waals surface area (Å²) >= 11 is 0. The van der Waals surface area contributed by atoms with E-state index < -0.39 is 0 Å². The van der Waals surface area contributed by atoms with E-state index in [1.807, 2.05) is 30.3 Å². The second kappa shape index (κ2) is 5.12. The summed E-state index contributed by atoms with van der Waals surface area (Å²) in [6, 6.07) is 10.0. The Bertz CT molecular complexity index is 350. The zero-order chi connectivity index (χ0) is 11.4. The number of carbonyl (C=O) groups excluding carboxylic acids is 1. The molecule has 1 atom stereocenters. The zero-order valence-corrected chi connectivity index (χ0v) is 9.65. The first-order valence-corrected chi connectivity index (χ1v) is 5.81. The molecule has 1 saturated heterocycles. The predicted octanol–water partition coefficient (Wildman–Crippen LogP) is 2.11. The van der Waals surface area contributed by atoms with E-state index in [4.69, 9.17) is 0 Å². The molecule has 3 heteroatoms. The van der Waals surface area contributed by atoms with Gasteiger partial charge in [-0.15, -0.1) is 0 Å². The van der Waals surface area contributed by atoms with Gasteiger partial charge in [0, 0.05) is 18.2 Å². The molecule has 1 unspecified atom stereocenters. The van der Waals surface area contributed by atoms with Crippen molar-refractivity contribution in [2.24, 2.45) is 0 Å². The molecule has 1 aliphatic heterocycles. The SMILES string of the molecule is CN1CCCC1CC(=O)Nc1ccccc1. The Morgan fingerprint density at radius 1 is 1.44 bits per heavy atom. The normalized spacial score (nSPS) is 20.9. The van der Waals surface area contributed by atoms with E-state index >= 15 is 0 Å². The number of hydrogen-bond donors (Lipinski definition) is 1. The van der Waals surface area contributed by atoms with Crippen molar-refractivity contribution in [3.05, 3.63) is 30.3 Å². The number of hydrogen-bond acceptors (Lipinski definition) is 2. The van der Waals surface area contributed by atoms with Crippen LogP contribution in [-0.2, 0) is 4.79 Å². The van der Waals surface area contributed by atoms with Crippen LogP contribution >= 0.6 is 0 Å². The van der Waals surface area contributed by atoms with Crippen LogP contribution in [0.25, 0.3) is 0 Å². The number of likely N-dealkylation sites (tertiary alicyclic amines) is 1. The van der Waals surface area contributed by atoms with Crippen molar-refractivity contribution in [3.63, 3.8) is 0 Å². The molecule has 0 aliphatic carbocycles. The number of amides is 1. The fourth-order valence-electron chi connectivity index (χ4n) is 2.18. The fraction of sp³-hybridized carbons (Fsp3) is 0.462. The highest BCUT2D eigenvalue weighted by atomic mass is 16.1. The van der Waals surface area contributed by atoms with E-state index in [-0.39, 0.29) is 5.91 Å².